The van der Waals surface area contributed by atoms with Crippen LogP contribution in [-0.4, -0.2) is 41.7 Å². The third kappa shape index (κ3) is 3.74. The van der Waals surface area contributed by atoms with E-state index in [1.165, 1.54) is 0 Å². The van der Waals surface area contributed by atoms with Gasteiger partial charge in [0.05, 0.1) is 6.26 Å². The maximum Gasteiger partial charge on any atom is 0.241 e. The van der Waals surface area contributed by atoms with Crippen LogP contribution in [-0.2, 0) is 27.8 Å². The van der Waals surface area contributed by atoms with Gasteiger partial charge in [-0.3, -0.25) is 4.79 Å². The van der Waals surface area contributed by atoms with Gasteiger partial charge in [-0.15, -0.1) is 0 Å². The zero-order chi connectivity index (χ0) is 16.5. The quantitative estimate of drug-likeness (QED) is 0.838. The highest BCUT2D eigenvalue weighted by Gasteiger charge is 2.42. The van der Waals surface area contributed by atoms with Crippen LogP contribution in [0.15, 0.2) is 12.4 Å². The van der Waals surface area contributed by atoms with Crippen LogP contribution < -0.4 is 10.0 Å². The standard InChI is InChI=1S/C15H24N4O3S/c1-23(21,22)18-15(7-3-2-4-8-15)14(20)17-12-5-6-13-16-9-10-19(13)11-12/h9-10,12,18H,2-8,11H2,1H3,(H,17,20)/t12-/m0/s1. The van der Waals surface area contributed by atoms with Crippen LogP contribution in [0.25, 0.3) is 0 Å². The predicted molar refractivity (Wildman–Crippen MR) is 86.3 cm³/mol. The van der Waals surface area contributed by atoms with E-state index in [1.807, 2.05) is 10.8 Å². The lowest BCUT2D eigenvalue weighted by Crippen LogP contribution is -2.61. The smallest absolute Gasteiger partial charge is 0.241 e. The van der Waals surface area contributed by atoms with E-state index in [0.717, 1.165) is 44.2 Å². The van der Waals surface area contributed by atoms with E-state index in [2.05, 4.69) is 15.0 Å². The second-order valence-corrected chi connectivity index (χ2v) is 8.47. The summed E-state index contributed by atoms with van der Waals surface area (Å²) >= 11 is 0. The molecular formula is C15H24N4O3S. The summed E-state index contributed by atoms with van der Waals surface area (Å²) in [4.78, 5) is 17.1. The minimum absolute atomic E-state index is 0.0179. The van der Waals surface area contributed by atoms with Crippen LogP contribution >= 0.6 is 0 Å². The lowest BCUT2D eigenvalue weighted by atomic mass is 9.81. The molecule has 1 amide bonds. The molecule has 1 atom stereocenters. The Morgan fingerprint density at radius 3 is 2.78 bits per heavy atom. The first-order valence-electron chi connectivity index (χ1n) is 8.18. The number of carbonyl (C=O) groups excluding carboxylic acids is 1. The van der Waals surface area contributed by atoms with Gasteiger partial charge in [-0.1, -0.05) is 19.3 Å². The minimum Gasteiger partial charge on any atom is -0.350 e. The number of nitrogens with one attached hydrogen (secondary N) is 2. The topological polar surface area (TPSA) is 93.1 Å². The molecule has 2 heterocycles. The van der Waals surface area contributed by atoms with Crippen LogP contribution in [0.1, 0.15) is 44.3 Å². The van der Waals surface area contributed by atoms with Crippen LogP contribution in [0, 0.1) is 0 Å². The first kappa shape index (κ1) is 16.4. The number of hydrogen-bond donors (Lipinski definition) is 2. The molecule has 1 aromatic heterocycles. The molecule has 23 heavy (non-hydrogen) atoms. The molecule has 0 saturated heterocycles. The van der Waals surface area contributed by atoms with Crippen molar-refractivity contribution in [1.29, 1.82) is 0 Å². The minimum atomic E-state index is -3.43. The molecule has 1 fully saturated rings. The first-order valence-corrected chi connectivity index (χ1v) is 10.1. The summed E-state index contributed by atoms with van der Waals surface area (Å²) in [6.45, 7) is 0.691. The van der Waals surface area contributed by atoms with Crippen LogP contribution in [0.3, 0.4) is 0 Å². The fraction of sp³-hybridized carbons (Fsp3) is 0.733. The van der Waals surface area contributed by atoms with Crippen molar-refractivity contribution in [3.63, 3.8) is 0 Å². The molecule has 1 aromatic rings. The predicted octanol–water partition coefficient (Wildman–Crippen LogP) is 0.566. The Morgan fingerprint density at radius 1 is 1.35 bits per heavy atom. The molecule has 0 spiro atoms. The molecular weight excluding hydrogens is 316 g/mol. The first-order chi connectivity index (χ1) is 10.9. The van der Waals surface area contributed by atoms with Gasteiger partial charge in [-0.2, -0.15) is 4.72 Å². The Bertz CT molecular complexity index is 677. The molecule has 2 N–H and O–H groups in total. The second kappa shape index (κ2) is 6.24. The fourth-order valence-electron chi connectivity index (χ4n) is 3.69. The van der Waals surface area contributed by atoms with Gasteiger partial charge in [0.25, 0.3) is 0 Å². The average Bonchev–Trinajstić information content (AvgIpc) is 2.94. The Balaban J connectivity index is 1.71. The number of imidazole rings is 1. The number of aryl methyl sites for hydroxylation is 1. The summed E-state index contributed by atoms with van der Waals surface area (Å²) in [5, 5.41) is 3.07. The zero-order valence-corrected chi connectivity index (χ0v) is 14.2. The molecule has 1 saturated carbocycles. The number of carbonyl (C=O) groups is 1. The maximum absolute atomic E-state index is 12.9. The monoisotopic (exact) mass is 340 g/mol. The van der Waals surface area contributed by atoms with Crippen LogP contribution in [0.5, 0.6) is 0 Å². The summed E-state index contributed by atoms with van der Waals surface area (Å²) in [7, 11) is -3.43. The summed E-state index contributed by atoms with van der Waals surface area (Å²) in [6.07, 6.45) is 10.4. The lowest BCUT2D eigenvalue weighted by molar-refractivity contribution is -0.129. The van der Waals surface area contributed by atoms with Gasteiger partial charge < -0.3 is 9.88 Å². The van der Waals surface area contributed by atoms with E-state index in [9.17, 15) is 13.2 Å². The van der Waals surface area contributed by atoms with Crippen molar-refractivity contribution in [2.45, 2.75) is 63.1 Å². The zero-order valence-electron chi connectivity index (χ0n) is 13.4. The van der Waals surface area contributed by atoms with Crippen molar-refractivity contribution in [1.82, 2.24) is 19.6 Å². The summed E-state index contributed by atoms with van der Waals surface area (Å²) in [5.41, 5.74) is -0.985. The van der Waals surface area contributed by atoms with Gasteiger partial charge in [-0.25, -0.2) is 13.4 Å². The van der Waals surface area contributed by atoms with Gasteiger partial charge in [0.1, 0.15) is 11.4 Å². The molecule has 7 nitrogen and oxygen atoms in total. The van der Waals surface area contributed by atoms with E-state index in [1.54, 1.807) is 6.20 Å². The lowest BCUT2D eigenvalue weighted by Gasteiger charge is -2.37. The number of amides is 1. The number of fused-ring (bicyclic) bond motifs is 1. The maximum atomic E-state index is 12.9. The van der Waals surface area contributed by atoms with Crippen molar-refractivity contribution < 1.29 is 13.2 Å². The van der Waals surface area contributed by atoms with Gasteiger partial charge in [0.2, 0.25) is 15.9 Å². The molecule has 2 aliphatic rings. The number of sulfonamides is 1. The number of rotatable bonds is 4. The van der Waals surface area contributed by atoms with E-state index in [4.69, 9.17) is 0 Å². The molecule has 0 bridgehead atoms. The largest absolute Gasteiger partial charge is 0.350 e. The van der Waals surface area contributed by atoms with Gasteiger partial charge in [-0.05, 0) is 19.3 Å². The van der Waals surface area contributed by atoms with Crippen molar-refractivity contribution in [2.75, 3.05) is 6.26 Å². The van der Waals surface area contributed by atoms with Gasteiger partial charge in [0.15, 0.2) is 0 Å². The van der Waals surface area contributed by atoms with Crippen molar-refractivity contribution in [2.24, 2.45) is 0 Å². The number of hydrogen-bond acceptors (Lipinski definition) is 4. The number of aromatic nitrogens is 2. The molecule has 0 unspecified atom stereocenters. The van der Waals surface area contributed by atoms with E-state index < -0.39 is 15.6 Å². The highest BCUT2D eigenvalue weighted by atomic mass is 32.2. The van der Waals surface area contributed by atoms with Gasteiger partial charge in [0, 0.05) is 31.4 Å². The molecule has 0 radical (unpaired) electrons. The van der Waals surface area contributed by atoms with Crippen LogP contribution in [0.4, 0.5) is 0 Å². The van der Waals surface area contributed by atoms with E-state index in [-0.39, 0.29) is 11.9 Å². The summed E-state index contributed by atoms with van der Waals surface area (Å²) in [6, 6.07) is 0.0179. The Labute approximate surface area is 136 Å². The Morgan fingerprint density at radius 2 is 2.09 bits per heavy atom. The van der Waals surface area contributed by atoms with Crippen molar-refractivity contribution in [3.8, 4) is 0 Å². The van der Waals surface area contributed by atoms with E-state index in [0.29, 0.717) is 19.4 Å². The van der Waals surface area contributed by atoms with Crippen molar-refractivity contribution in [3.05, 3.63) is 18.2 Å². The Kier molecular flexibility index (Phi) is 4.46. The molecule has 0 aromatic carbocycles. The molecule has 1 aliphatic heterocycles. The molecule has 128 valence electrons. The highest BCUT2D eigenvalue weighted by Crippen LogP contribution is 2.29. The third-order valence-corrected chi connectivity index (χ3v) is 5.55. The fourth-order valence-corrected chi connectivity index (χ4v) is 4.70. The average molecular weight is 340 g/mol. The third-order valence-electron chi connectivity index (χ3n) is 4.79. The summed E-state index contributed by atoms with van der Waals surface area (Å²) in [5.74, 6) is 0.855. The molecule has 1 aliphatic carbocycles. The van der Waals surface area contributed by atoms with Crippen LogP contribution in [0.2, 0.25) is 0 Å². The summed E-state index contributed by atoms with van der Waals surface area (Å²) < 4.78 is 28.1. The van der Waals surface area contributed by atoms with E-state index >= 15 is 0 Å². The molecule has 8 heteroatoms. The molecule has 3 rings (SSSR count). The second-order valence-electron chi connectivity index (χ2n) is 6.72. The normalized spacial score (nSPS) is 24.0. The van der Waals surface area contributed by atoms with Crippen molar-refractivity contribution >= 4 is 15.9 Å². The van der Waals surface area contributed by atoms with Gasteiger partial charge >= 0.3 is 0 Å². The highest BCUT2D eigenvalue weighted by molar-refractivity contribution is 7.88. The number of nitrogens with zero attached hydrogens (tertiary/aromatic N) is 2. The Hall–Kier alpha value is -1.41. The SMILES string of the molecule is CS(=O)(=O)NC1(C(=O)N[C@H]2CCc3nccn3C2)CCCCC1.